The fourth-order valence-corrected chi connectivity index (χ4v) is 9.36. The van der Waals surface area contributed by atoms with Gasteiger partial charge >= 0.3 is 12.2 Å². The molecule has 2 saturated heterocycles. The maximum Gasteiger partial charge on any atom is 0.420 e. The Bertz CT molecular complexity index is 2390. The number of fused-ring (bicyclic) bond motifs is 2. The largest absolute Gasteiger partial charge is 0.490 e. The van der Waals surface area contributed by atoms with Crippen molar-refractivity contribution < 1.29 is 35.8 Å². The average Bonchev–Trinajstić information content (AvgIpc) is 3.68. The number of thiophene rings is 1. The van der Waals surface area contributed by atoms with Crippen LogP contribution in [0.2, 0.25) is 5.02 Å². The molecule has 4 aliphatic rings. The predicted octanol–water partition coefficient (Wildman–Crippen LogP) is 8.83. The summed E-state index contributed by atoms with van der Waals surface area (Å²) in [5.74, 6) is -2.55. The third-order valence-electron chi connectivity index (χ3n) is 10.9. The summed E-state index contributed by atoms with van der Waals surface area (Å²) < 4.78 is 101. The smallest absolute Gasteiger partial charge is 0.420 e. The number of methoxy groups -OCH3 is 1. The van der Waals surface area contributed by atoms with Gasteiger partial charge in [-0.05, 0) is 55.8 Å². The topological polar surface area (TPSA) is 139 Å². The van der Waals surface area contributed by atoms with Crippen LogP contribution in [0.15, 0.2) is 24.4 Å². The van der Waals surface area contributed by atoms with Gasteiger partial charge < -0.3 is 25.8 Å². The highest BCUT2D eigenvalue weighted by atomic mass is 35.5. The zero-order valence-corrected chi connectivity index (χ0v) is 31.5. The molecule has 1 aliphatic carbocycles. The normalized spacial score (nSPS) is 19.9. The van der Waals surface area contributed by atoms with Crippen molar-refractivity contribution in [2.24, 2.45) is 5.92 Å². The highest BCUT2D eigenvalue weighted by Gasteiger charge is 2.45. The number of alkyl halides is 4. The Morgan fingerprint density at radius 2 is 1.93 bits per heavy atom. The maximum absolute atomic E-state index is 17.0. The molecule has 9 rings (SSSR count). The van der Waals surface area contributed by atoms with Crippen LogP contribution in [0.25, 0.3) is 32.1 Å². The number of pyridine rings is 1. The van der Waals surface area contributed by atoms with E-state index in [9.17, 15) is 14.0 Å². The number of benzene rings is 2. The molecule has 1 saturated carbocycles. The Morgan fingerprint density at radius 3 is 2.62 bits per heavy atom. The van der Waals surface area contributed by atoms with Gasteiger partial charge in [-0.25, -0.2) is 18.2 Å². The Balaban J connectivity index is 0.000000427. The molecule has 3 aliphatic heterocycles. The van der Waals surface area contributed by atoms with Crippen LogP contribution >= 0.6 is 22.9 Å². The molecule has 18 heteroatoms. The van der Waals surface area contributed by atoms with E-state index in [-0.39, 0.29) is 56.8 Å². The quantitative estimate of drug-likeness (QED) is 0.160. The van der Waals surface area contributed by atoms with Crippen LogP contribution in [-0.2, 0) is 6.18 Å². The third kappa shape index (κ3) is 6.75. The lowest BCUT2D eigenvalue weighted by Crippen LogP contribution is -2.33. The summed E-state index contributed by atoms with van der Waals surface area (Å²) in [6.07, 6.45) is 1.41. The number of rotatable bonds is 6. The summed E-state index contributed by atoms with van der Waals surface area (Å²) in [6, 6.07) is 5.06. The fourth-order valence-electron chi connectivity index (χ4n) is 8.24. The maximum atomic E-state index is 17.0. The molecule has 0 spiro atoms. The van der Waals surface area contributed by atoms with Gasteiger partial charge in [0.2, 0.25) is 0 Å². The third-order valence-corrected chi connectivity index (χ3v) is 12.1. The first-order valence-electron chi connectivity index (χ1n) is 18.1. The zero-order chi connectivity index (χ0) is 39.6. The molecule has 5 aromatic rings. The van der Waals surface area contributed by atoms with Gasteiger partial charge in [-0.1, -0.05) is 30.5 Å². The molecular weight excluding hydrogens is 782 g/mol. The van der Waals surface area contributed by atoms with Crippen LogP contribution in [0.4, 0.5) is 43.0 Å². The predicted molar refractivity (Wildman–Crippen MR) is 202 cm³/mol. The standard InChI is InChI=1S/C31H23ClF5N7O2S.C7H12FN/c1-45-30-42-24-21-25(46-7-6-44(29(21)43-30)18(8-12-2-3-12)15-9-13(32)11-41-27(15)39)22(31(35,36)37)20(23(24)34)14-4-5-17(33)26-19(14)16(10-38)28(40)47-26;8-6-4-7-2-1-3-9(7)5-6/h4-5,9,11-12,18H,2-3,6-8,40H2,1H3,(H2,39,41);6-7H,1-5H2/t18-;/m1./s1. The van der Waals surface area contributed by atoms with E-state index >= 15 is 17.6 Å². The molecule has 3 atom stereocenters. The lowest BCUT2D eigenvalue weighted by Gasteiger charge is -2.33. The van der Waals surface area contributed by atoms with Crippen molar-refractivity contribution in [1.29, 1.82) is 5.26 Å². The molecule has 3 fully saturated rings. The SMILES string of the molecule is COc1nc2c3c(c(C(F)(F)F)c(-c4ccc(F)c5sc(N)c(C#N)c45)c(F)c3n1)OCCN2[C@H](CC1CC1)c1cc(Cl)cnc1N.FC1CC2CCCN2C1. The number of hydrogen-bond donors (Lipinski definition) is 2. The van der Waals surface area contributed by atoms with Crippen LogP contribution in [-0.4, -0.2) is 65.4 Å². The molecular formula is C38H35ClF6N8O2S. The minimum atomic E-state index is -5.20. The number of hydrogen-bond acceptors (Lipinski definition) is 11. The second kappa shape index (κ2) is 14.6. The van der Waals surface area contributed by atoms with E-state index in [2.05, 4.69) is 19.9 Å². The Labute approximate surface area is 326 Å². The highest BCUT2D eigenvalue weighted by molar-refractivity contribution is 7.23. The van der Waals surface area contributed by atoms with Crippen LogP contribution < -0.4 is 25.8 Å². The molecule has 56 heavy (non-hydrogen) atoms. The molecule has 0 radical (unpaired) electrons. The van der Waals surface area contributed by atoms with E-state index in [1.165, 1.54) is 26.1 Å². The highest BCUT2D eigenvalue weighted by Crippen LogP contribution is 2.54. The van der Waals surface area contributed by atoms with Crippen molar-refractivity contribution in [3.05, 3.63) is 57.7 Å². The number of nitrogens with zero attached hydrogens (tertiary/aromatic N) is 6. The number of ether oxygens (including phenoxy) is 2. The Hall–Kier alpha value is -4.79. The number of anilines is 3. The van der Waals surface area contributed by atoms with E-state index in [1.807, 2.05) is 6.07 Å². The van der Waals surface area contributed by atoms with Gasteiger partial charge in [0.25, 0.3) is 0 Å². The number of aromatic nitrogens is 3. The molecule has 294 valence electrons. The number of nitrogen functional groups attached to an aromatic ring is 2. The van der Waals surface area contributed by atoms with E-state index < -0.39 is 58.0 Å². The van der Waals surface area contributed by atoms with Gasteiger partial charge in [-0.2, -0.15) is 28.4 Å². The number of nitrogens with two attached hydrogens (primary N) is 2. The van der Waals surface area contributed by atoms with E-state index in [0.29, 0.717) is 46.8 Å². The van der Waals surface area contributed by atoms with Crippen molar-refractivity contribution in [2.75, 3.05) is 49.7 Å². The fraction of sp³-hybridized carbons (Fsp3) is 0.421. The van der Waals surface area contributed by atoms with Crippen LogP contribution in [0.5, 0.6) is 11.8 Å². The minimum absolute atomic E-state index is 0.0158. The second-order valence-corrected chi connectivity index (χ2v) is 15.9. The van der Waals surface area contributed by atoms with Crippen molar-refractivity contribution in [2.45, 2.75) is 63.0 Å². The molecule has 0 amide bonds. The summed E-state index contributed by atoms with van der Waals surface area (Å²) in [7, 11) is 1.24. The van der Waals surface area contributed by atoms with Crippen LogP contribution in [0.3, 0.4) is 0 Å². The summed E-state index contributed by atoms with van der Waals surface area (Å²) >= 11 is 6.98. The summed E-state index contributed by atoms with van der Waals surface area (Å²) in [5, 5.41) is 9.40. The average molecular weight is 817 g/mol. The minimum Gasteiger partial charge on any atom is -0.490 e. The molecule has 4 N–H and O–H groups in total. The number of nitriles is 1. The molecule has 10 nitrogen and oxygen atoms in total. The van der Waals surface area contributed by atoms with Crippen molar-refractivity contribution in [1.82, 2.24) is 19.9 Å². The summed E-state index contributed by atoms with van der Waals surface area (Å²) in [5.41, 5.74) is 9.13. The van der Waals surface area contributed by atoms with E-state index in [0.717, 1.165) is 37.9 Å². The van der Waals surface area contributed by atoms with Crippen LogP contribution in [0.1, 0.15) is 61.3 Å². The Kier molecular flexibility index (Phi) is 9.94. The second-order valence-electron chi connectivity index (χ2n) is 14.4. The van der Waals surface area contributed by atoms with Gasteiger partial charge in [0.05, 0.1) is 40.4 Å². The lowest BCUT2D eigenvalue weighted by atomic mass is 9.91. The number of halogens is 7. The molecule has 2 aromatic carbocycles. The van der Waals surface area contributed by atoms with Gasteiger partial charge in [-0.15, -0.1) is 11.3 Å². The van der Waals surface area contributed by atoms with Gasteiger partial charge in [0.1, 0.15) is 58.1 Å². The first-order valence-corrected chi connectivity index (χ1v) is 19.3. The van der Waals surface area contributed by atoms with Crippen LogP contribution in [0, 0.1) is 28.9 Å². The summed E-state index contributed by atoms with van der Waals surface area (Å²) in [6.45, 7) is 1.60. The molecule has 6 heterocycles. The van der Waals surface area contributed by atoms with Crippen molar-refractivity contribution >= 4 is 60.6 Å². The van der Waals surface area contributed by atoms with Crippen molar-refractivity contribution in [3.63, 3.8) is 0 Å². The van der Waals surface area contributed by atoms with Crippen molar-refractivity contribution in [3.8, 4) is 29.0 Å². The Morgan fingerprint density at radius 1 is 1.14 bits per heavy atom. The lowest BCUT2D eigenvalue weighted by molar-refractivity contribution is -0.138. The van der Waals surface area contributed by atoms with E-state index in [1.54, 1.807) is 11.0 Å². The molecule has 3 aromatic heterocycles. The summed E-state index contributed by atoms with van der Waals surface area (Å²) in [4.78, 5) is 16.8. The van der Waals surface area contributed by atoms with Gasteiger partial charge in [0, 0.05) is 35.3 Å². The zero-order valence-electron chi connectivity index (χ0n) is 29.9. The van der Waals surface area contributed by atoms with Gasteiger partial charge in [0.15, 0.2) is 5.82 Å². The molecule has 2 unspecified atom stereocenters. The molecule has 0 bridgehead atoms. The van der Waals surface area contributed by atoms with E-state index in [4.69, 9.17) is 32.5 Å². The first-order chi connectivity index (χ1) is 26.8. The first kappa shape index (κ1) is 38.1. The van der Waals surface area contributed by atoms with Gasteiger partial charge in [-0.3, -0.25) is 4.90 Å². The monoisotopic (exact) mass is 816 g/mol.